The summed E-state index contributed by atoms with van der Waals surface area (Å²) in [6.07, 6.45) is 8.48. The topological polar surface area (TPSA) is 37.4 Å². The zero-order valence-corrected chi connectivity index (χ0v) is 11.7. The molecule has 2 saturated carbocycles. The van der Waals surface area contributed by atoms with Crippen LogP contribution in [0.3, 0.4) is 0 Å². The number of ketones is 1. The summed E-state index contributed by atoms with van der Waals surface area (Å²) >= 11 is 0. The largest absolute Gasteiger partial charge is 0.342 e. The van der Waals surface area contributed by atoms with E-state index in [4.69, 9.17) is 0 Å². The monoisotopic (exact) mass is 251 g/mol. The van der Waals surface area contributed by atoms with Gasteiger partial charge in [0.15, 0.2) is 0 Å². The molecule has 2 aliphatic carbocycles. The molecule has 0 aromatic carbocycles. The van der Waals surface area contributed by atoms with Crippen LogP contribution in [-0.4, -0.2) is 29.7 Å². The van der Waals surface area contributed by atoms with E-state index in [1.165, 1.54) is 12.8 Å². The Morgan fingerprint density at radius 1 is 1.28 bits per heavy atom. The number of hydrogen-bond acceptors (Lipinski definition) is 2. The van der Waals surface area contributed by atoms with Gasteiger partial charge in [0.05, 0.1) is 0 Å². The number of nitrogens with zero attached hydrogens (tertiary/aromatic N) is 1. The van der Waals surface area contributed by atoms with Crippen LogP contribution >= 0.6 is 0 Å². The molecular weight excluding hydrogens is 226 g/mol. The van der Waals surface area contributed by atoms with E-state index in [1.54, 1.807) is 0 Å². The van der Waals surface area contributed by atoms with Gasteiger partial charge in [0.25, 0.3) is 0 Å². The third kappa shape index (κ3) is 2.45. The number of carbonyl (C=O) groups is 2. The summed E-state index contributed by atoms with van der Waals surface area (Å²) < 4.78 is 0. The van der Waals surface area contributed by atoms with Crippen molar-refractivity contribution in [3.63, 3.8) is 0 Å². The lowest BCUT2D eigenvalue weighted by Gasteiger charge is -2.37. The van der Waals surface area contributed by atoms with Crippen LogP contribution in [0.4, 0.5) is 0 Å². The van der Waals surface area contributed by atoms with Crippen LogP contribution in [0, 0.1) is 5.41 Å². The van der Waals surface area contributed by atoms with Crippen LogP contribution in [0.25, 0.3) is 0 Å². The summed E-state index contributed by atoms with van der Waals surface area (Å²) in [5.74, 6) is 0.694. The first-order chi connectivity index (χ1) is 8.59. The molecule has 0 N–H and O–H groups in total. The second kappa shape index (κ2) is 5.41. The van der Waals surface area contributed by atoms with E-state index in [-0.39, 0.29) is 5.41 Å². The molecular formula is C15H25NO2. The number of hydrogen-bond donors (Lipinski definition) is 0. The molecule has 0 aliphatic heterocycles. The highest BCUT2D eigenvalue weighted by Gasteiger charge is 2.42. The molecule has 0 radical (unpaired) electrons. The van der Waals surface area contributed by atoms with Crippen molar-refractivity contribution in [1.29, 1.82) is 0 Å². The Balaban J connectivity index is 2.01. The first-order valence-electron chi connectivity index (χ1n) is 7.38. The highest BCUT2D eigenvalue weighted by Crippen LogP contribution is 2.43. The second-order valence-corrected chi connectivity index (χ2v) is 6.03. The molecule has 3 nitrogen and oxygen atoms in total. The summed E-state index contributed by atoms with van der Waals surface area (Å²) in [5.41, 5.74) is -0.0871. The Bertz CT molecular complexity index is 321. The minimum atomic E-state index is -0.0871. The fraction of sp³-hybridized carbons (Fsp3) is 0.867. The van der Waals surface area contributed by atoms with E-state index in [1.807, 2.05) is 11.9 Å². The summed E-state index contributed by atoms with van der Waals surface area (Å²) in [5, 5.41) is 0. The van der Waals surface area contributed by atoms with Crippen molar-refractivity contribution in [2.45, 2.75) is 70.8 Å². The lowest BCUT2D eigenvalue weighted by molar-refractivity contribution is -0.144. The van der Waals surface area contributed by atoms with Gasteiger partial charge in [0.2, 0.25) is 5.91 Å². The standard InChI is InChI=1S/C15H25NO2/c1-3-15(10-4-5-11-15)14(18)16(2)12-6-8-13(17)9-7-12/h12H,3-11H2,1-2H3. The predicted molar refractivity (Wildman–Crippen MR) is 71.2 cm³/mol. The van der Waals surface area contributed by atoms with E-state index in [0.717, 1.165) is 32.1 Å². The van der Waals surface area contributed by atoms with Gasteiger partial charge in [0, 0.05) is 31.3 Å². The van der Waals surface area contributed by atoms with E-state index in [0.29, 0.717) is 30.6 Å². The average Bonchev–Trinajstić information content (AvgIpc) is 2.88. The molecule has 0 unspecified atom stereocenters. The fourth-order valence-electron chi connectivity index (χ4n) is 3.62. The van der Waals surface area contributed by atoms with Crippen molar-refractivity contribution in [3.05, 3.63) is 0 Å². The summed E-state index contributed by atoms with van der Waals surface area (Å²) in [6.45, 7) is 2.14. The molecule has 2 fully saturated rings. The summed E-state index contributed by atoms with van der Waals surface area (Å²) in [4.78, 5) is 26.0. The van der Waals surface area contributed by atoms with E-state index < -0.39 is 0 Å². The number of carbonyl (C=O) groups excluding carboxylic acids is 2. The maximum absolute atomic E-state index is 12.7. The van der Waals surface area contributed by atoms with Gasteiger partial charge in [-0.1, -0.05) is 19.8 Å². The maximum atomic E-state index is 12.7. The molecule has 0 aromatic heterocycles. The lowest BCUT2D eigenvalue weighted by Crippen LogP contribution is -2.46. The van der Waals surface area contributed by atoms with Crippen molar-refractivity contribution in [2.24, 2.45) is 5.41 Å². The zero-order chi connectivity index (χ0) is 13.2. The quantitative estimate of drug-likeness (QED) is 0.773. The minimum absolute atomic E-state index is 0.0871. The predicted octanol–water partition coefficient (Wildman–Crippen LogP) is 2.93. The molecule has 0 heterocycles. The maximum Gasteiger partial charge on any atom is 0.228 e. The highest BCUT2D eigenvalue weighted by atomic mass is 16.2. The Labute approximate surface area is 110 Å². The number of Topliss-reactive ketones (excluding diaryl/α,β-unsaturated/α-hetero) is 1. The SMILES string of the molecule is CCC1(C(=O)N(C)C2CCC(=O)CC2)CCCC1. The van der Waals surface area contributed by atoms with Crippen molar-refractivity contribution in [1.82, 2.24) is 4.90 Å². The van der Waals surface area contributed by atoms with Crippen molar-refractivity contribution in [2.75, 3.05) is 7.05 Å². The van der Waals surface area contributed by atoms with Gasteiger partial charge in [-0.3, -0.25) is 9.59 Å². The molecule has 0 spiro atoms. The number of amides is 1. The van der Waals surface area contributed by atoms with Gasteiger partial charge in [-0.25, -0.2) is 0 Å². The van der Waals surface area contributed by atoms with E-state index in [2.05, 4.69) is 6.92 Å². The lowest BCUT2D eigenvalue weighted by atomic mass is 9.81. The molecule has 0 bridgehead atoms. The summed E-state index contributed by atoms with van der Waals surface area (Å²) in [7, 11) is 1.94. The van der Waals surface area contributed by atoms with Gasteiger partial charge in [-0.05, 0) is 32.1 Å². The first kappa shape index (κ1) is 13.6. The highest BCUT2D eigenvalue weighted by molar-refractivity contribution is 5.84. The van der Waals surface area contributed by atoms with Gasteiger partial charge >= 0.3 is 0 Å². The molecule has 0 atom stereocenters. The molecule has 1 amide bonds. The Kier molecular flexibility index (Phi) is 4.08. The van der Waals surface area contributed by atoms with Gasteiger partial charge < -0.3 is 4.90 Å². The second-order valence-electron chi connectivity index (χ2n) is 6.03. The Morgan fingerprint density at radius 3 is 2.33 bits per heavy atom. The first-order valence-corrected chi connectivity index (χ1v) is 7.38. The molecule has 2 rings (SSSR count). The third-order valence-electron chi connectivity index (χ3n) is 5.07. The van der Waals surface area contributed by atoms with Crippen LogP contribution in [0.15, 0.2) is 0 Å². The molecule has 102 valence electrons. The van der Waals surface area contributed by atoms with Crippen molar-refractivity contribution >= 4 is 11.7 Å². The molecule has 18 heavy (non-hydrogen) atoms. The molecule has 0 aromatic rings. The zero-order valence-electron chi connectivity index (χ0n) is 11.7. The van der Waals surface area contributed by atoms with Gasteiger partial charge in [-0.15, -0.1) is 0 Å². The normalized spacial score (nSPS) is 24.2. The smallest absolute Gasteiger partial charge is 0.228 e. The molecule has 2 aliphatic rings. The van der Waals surface area contributed by atoms with Crippen LogP contribution in [0.1, 0.15) is 64.7 Å². The van der Waals surface area contributed by atoms with Crippen LogP contribution in [0.2, 0.25) is 0 Å². The van der Waals surface area contributed by atoms with Gasteiger partial charge in [0.1, 0.15) is 5.78 Å². The minimum Gasteiger partial charge on any atom is -0.342 e. The van der Waals surface area contributed by atoms with Crippen molar-refractivity contribution < 1.29 is 9.59 Å². The van der Waals surface area contributed by atoms with E-state index >= 15 is 0 Å². The van der Waals surface area contributed by atoms with Crippen molar-refractivity contribution in [3.8, 4) is 0 Å². The van der Waals surface area contributed by atoms with Crippen LogP contribution < -0.4 is 0 Å². The third-order valence-corrected chi connectivity index (χ3v) is 5.07. The fourth-order valence-corrected chi connectivity index (χ4v) is 3.62. The Hall–Kier alpha value is -0.860. The van der Waals surface area contributed by atoms with Gasteiger partial charge in [-0.2, -0.15) is 0 Å². The average molecular weight is 251 g/mol. The molecule has 3 heteroatoms. The van der Waals surface area contributed by atoms with Crippen LogP contribution in [-0.2, 0) is 9.59 Å². The number of rotatable bonds is 3. The van der Waals surface area contributed by atoms with Crippen LogP contribution in [0.5, 0.6) is 0 Å². The van der Waals surface area contributed by atoms with E-state index in [9.17, 15) is 9.59 Å². The Morgan fingerprint density at radius 2 is 1.83 bits per heavy atom. The molecule has 0 saturated heterocycles. The summed E-state index contributed by atoms with van der Waals surface area (Å²) in [6, 6.07) is 0.291.